The molecule has 10 nitrogen and oxygen atoms in total. The number of rotatable bonds is 10. The topological polar surface area (TPSA) is 125 Å². The van der Waals surface area contributed by atoms with Crippen LogP contribution in [-0.4, -0.2) is 68.6 Å². The molecule has 0 spiro atoms. The third kappa shape index (κ3) is 7.97. The van der Waals surface area contributed by atoms with Crippen molar-refractivity contribution in [1.29, 1.82) is 0 Å². The van der Waals surface area contributed by atoms with E-state index in [1.165, 1.54) is 0 Å². The predicted octanol–water partition coefficient (Wildman–Crippen LogP) is 4.54. The second-order valence-corrected chi connectivity index (χ2v) is 11.4. The largest absolute Gasteiger partial charge is 0.324 e. The molecule has 4 amide bonds. The number of pyridine rings is 2. The average molecular weight is 639 g/mol. The fraction of sp³-hybridized carbons (Fsp3) is 0.158. The number of nitrogens with one attached hydrogen (secondary N) is 2. The molecule has 0 radical (unpaired) electrons. The van der Waals surface area contributed by atoms with Crippen molar-refractivity contribution in [3.05, 3.63) is 144 Å². The summed E-state index contributed by atoms with van der Waals surface area (Å²) in [7, 11) is 0. The summed E-state index contributed by atoms with van der Waals surface area (Å²) in [6.45, 7) is 0.761. The maximum atomic E-state index is 13.0. The summed E-state index contributed by atoms with van der Waals surface area (Å²) in [5.41, 5.74) is 4.45. The van der Waals surface area contributed by atoms with Gasteiger partial charge in [-0.1, -0.05) is 72.9 Å². The lowest BCUT2D eigenvalue weighted by Crippen LogP contribution is -2.44. The molecule has 0 unspecified atom stereocenters. The van der Waals surface area contributed by atoms with Gasteiger partial charge >= 0.3 is 0 Å². The lowest BCUT2D eigenvalue weighted by atomic mass is 10.1. The minimum atomic E-state index is -0.679. The first-order chi connectivity index (χ1) is 23.4. The average Bonchev–Trinajstić information content (AvgIpc) is 3.81. The van der Waals surface area contributed by atoms with Crippen LogP contribution >= 0.6 is 0 Å². The standard InChI is InChI=1S/C38H34N6O4/c45-35(25-31-7-1-3-21-39-31)43-23-5-9-33(43)37(47)41-29-17-13-27(14-18-29)11-12-28-15-19-30(20-16-28)42-38(48)34-10-6-24-44(34)36(46)26-32-8-2-4-22-40-32/h1-22,33-34H,23-26H2,(H,41,47)(H,42,48)/t33-,34-/m0/s1. The van der Waals surface area contributed by atoms with Crippen LogP contribution in [0.3, 0.4) is 0 Å². The summed E-state index contributed by atoms with van der Waals surface area (Å²) in [5, 5.41) is 5.82. The van der Waals surface area contributed by atoms with Crippen LogP contribution in [0.25, 0.3) is 12.2 Å². The number of hydrogen-bond donors (Lipinski definition) is 2. The SMILES string of the molecule is O=C(Nc1ccc(C=Cc2ccc(NC(=O)[C@@H]3C=CCN3C(=O)Cc3ccccn3)cc2)cc1)[C@@H]1C=CCN1C(=O)Cc1ccccn1. The van der Waals surface area contributed by atoms with Gasteiger partial charge in [-0.2, -0.15) is 0 Å². The third-order valence-electron chi connectivity index (χ3n) is 8.03. The molecule has 2 aromatic carbocycles. The van der Waals surface area contributed by atoms with Crippen molar-refractivity contribution in [2.45, 2.75) is 24.9 Å². The Balaban J connectivity index is 0.988. The molecule has 0 aliphatic carbocycles. The lowest BCUT2D eigenvalue weighted by molar-refractivity contribution is -0.135. The number of carbonyl (C=O) groups is 4. The van der Waals surface area contributed by atoms with Crippen molar-refractivity contribution >= 4 is 47.2 Å². The third-order valence-corrected chi connectivity index (χ3v) is 8.03. The van der Waals surface area contributed by atoms with E-state index < -0.39 is 12.1 Å². The molecule has 2 aromatic heterocycles. The first-order valence-electron chi connectivity index (χ1n) is 15.6. The quantitative estimate of drug-likeness (QED) is 0.194. The number of benzene rings is 2. The Labute approximate surface area is 278 Å². The van der Waals surface area contributed by atoms with Crippen LogP contribution in [0.5, 0.6) is 0 Å². The van der Waals surface area contributed by atoms with Gasteiger partial charge in [0.25, 0.3) is 11.8 Å². The smallest absolute Gasteiger partial charge is 0.251 e. The Bertz CT molecular complexity index is 1720. The zero-order chi connectivity index (χ0) is 33.3. The van der Waals surface area contributed by atoms with Crippen molar-refractivity contribution in [1.82, 2.24) is 19.8 Å². The highest BCUT2D eigenvalue weighted by molar-refractivity contribution is 6.00. The fourth-order valence-corrected chi connectivity index (χ4v) is 5.51. The van der Waals surface area contributed by atoms with Crippen molar-refractivity contribution in [3.8, 4) is 0 Å². The molecule has 10 heteroatoms. The van der Waals surface area contributed by atoms with Crippen LogP contribution in [0.1, 0.15) is 22.5 Å². The van der Waals surface area contributed by atoms with Gasteiger partial charge in [0.15, 0.2) is 0 Å². The van der Waals surface area contributed by atoms with E-state index in [-0.39, 0.29) is 36.5 Å². The number of nitrogens with zero attached hydrogens (tertiary/aromatic N) is 4. The first-order valence-corrected chi connectivity index (χ1v) is 15.6. The van der Waals surface area contributed by atoms with Crippen LogP contribution in [0.4, 0.5) is 11.4 Å². The van der Waals surface area contributed by atoms with E-state index in [1.54, 1.807) is 58.6 Å². The van der Waals surface area contributed by atoms with Crippen LogP contribution in [-0.2, 0) is 32.0 Å². The van der Waals surface area contributed by atoms with Crippen molar-refractivity contribution in [2.24, 2.45) is 0 Å². The van der Waals surface area contributed by atoms with Gasteiger partial charge < -0.3 is 20.4 Å². The molecule has 6 rings (SSSR count). The maximum Gasteiger partial charge on any atom is 0.251 e. The van der Waals surface area contributed by atoms with Gasteiger partial charge in [-0.15, -0.1) is 0 Å². The molecular weight excluding hydrogens is 604 g/mol. The Morgan fingerprint density at radius 3 is 1.40 bits per heavy atom. The lowest BCUT2D eigenvalue weighted by Gasteiger charge is -2.24. The predicted molar refractivity (Wildman–Crippen MR) is 184 cm³/mol. The Kier molecular flexibility index (Phi) is 9.91. The van der Waals surface area contributed by atoms with E-state index in [2.05, 4.69) is 20.6 Å². The minimum absolute atomic E-state index is 0.136. The van der Waals surface area contributed by atoms with Gasteiger partial charge in [-0.3, -0.25) is 29.1 Å². The number of amides is 4. The van der Waals surface area contributed by atoms with Crippen LogP contribution in [0.15, 0.2) is 122 Å². The van der Waals surface area contributed by atoms with Gasteiger partial charge in [0.1, 0.15) is 12.1 Å². The number of aromatic nitrogens is 2. The molecule has 4 heterocycles. The Morgan fingerprint density at radius 1 is 0.604 bits per heavy atom. The molecule has 0 saturated heterocycles. The molecule has 0 fully saturated rings. The molecule has 48 heavy (non-hydrogen) atoms. The van der Waals surface area contributed by atoms with Crippen LogP contribution in [0.2, 0.25) is 0 Å². The molecule has 2 aliphatic rings. The van der Waals surface area contributed by atoms with Crippen LogP contribution in [0, 0.1) is 0 Å². The fourth-order valence-electron chi connectivity index (χ4n) is 5.51. The van der Waals surface area contributed by atoms with Gasteiger partial charge in [-0.25, -0.2) is 0 Å². The summed E-state index contributed by atoms with van der Waals surface area (Å²) in [6.07, 6.45) is 14.6. The molecule has 0 bridgehead atoms. The van der Waals surface area contributed by atoms with E-state index in [0.29, 0.717) is 35.9 Å². The molecule has 2 aliphatic heterocycles. The van der Waals surface area contributed by atoms with Gasteiger partial charge in [0.05, 0.1) is 12.8 Å². The van der Waals surface area contributed by atoms with Crippen LogP contribution < -0.4 is 10.6 Å². The van der Waals surface area contributed by atoms with Crippen molar-refractivity contribution in [3.63, 3.8) is 0 Å². The number of carbonyl (C=O) groups excluding carboxylic acids is 4. The molecule has 2 N–H and O–H groups in total. The van der Waals surface area contributed by atoms with Gasteiger partial charge in [0, 0.05) is 48.2 Å². The Morgan fingerprint density at radius 2 is 1.02 bits per heavy atom. The molecule has 4 aromatic rings. The summed E-state index contributed by atoms with van der Waals surface area (Å²) >= 11 is 0. The number of anilines is 2. The summed E-state index contributed by atoms with van der Waals surface area (Å²) in [5.74, 6) is -0.865. The number of hydrogen-bond acceptors (Lipinski definition) is 6. The highest BCUT2D eigenvalue weighted by Crippen LogP contribution is 2.19. The zero-order valence-electron chi connectivity index (χ0n) is 26.1. The maximum absolute atomic E-state index is 13.0. The summed E-state index contributed by atoms with van der Waals surface area (Å²) in [6, 6.07) is 24.3. The molecular formula is C38H34N6O4. The highest BCUT2D eigenvalue weighted by atomic mass is 16.2. The van der Waals surface area contributed by atoms with Crippen molar-refractivity contribution < 1.29 is 19.2 Å². The van der Waals surface area contributed by atoms with E-state index in [1.807, 2.05) is 85.0 Å². The van der Waals surface area contributed by atoms with Crippen molar-refractivity contribution in [2.75, 3.05) is 23.7 Å². The normalized spacial score (nSPS) is 16.8. The Hall–Kier alpha value is -6.16. The van der Waals surface area contributed by atoms with Gasteiger partial charge in [-0.05, 0) is 59.7 Å². The summed E-state index contributed by atoms with van der Waals surface area (Å²) < 4.78 is 0. The molecule has 240 valence electrons. The highest BCUT2D eigenvalue weighted by Gasteiger charge is 2.31. The molecule has 2 atom stereocenters. The van der Waals surface area contributed by atoms with E-state index in [4.69, 9.17) is 0 Å². The second kappa shape index (κ2) is 15.0. The second-order valence-electron chi connectivity index (χ2n) is 11.4. The van der Waals surface area contributed by atoms with E-state index >= 15 is 0 Å². The van der Waals surface area contributed by atoms with E-state index in [9.17, 15) is 19.2 Å². The monoisotopic (exact) mass is 638 g/mol. The molecule has 0 saturated carbocycles. The van der Waals surface area contributed by atoms with E-state index in [0.717, 1.165) is 11.1 Å². The van der Waals surface area contributed by atoms with Gasteiger partial charge in [0.2, 0.25) is 11.8 Å². The minimum Gasteiger partial charge on any atom is -0.324 e. The summed E-state index contributed by atoms with van der Waals surface area (Å²) in [4.78, 5) is 63.3. The zero-order valence-corrected chi connectivity index (χ0v) is 26.1. The first kappa shape index (κ1) is 31.8.